The summed E-state index contributed by atoms with van der Waals surface area (Å²) in [6.45, 7) is 1.13. The molecule has 1 saturated heterocycles. The predicted molar refractivity (Wildman–Crippen MR) is 93.4 cm³/mol. The van der Waals surface area contributed by atoms with Crippen LogP contribution in [0.5, 0.6) is 0 Å². The Kier molecular flexibility index (Phi) is 5.46. The summed E-state index contributed by atoms with van der Waals surface area (Å²) >= 11 is 0. The standard InChI is InChI=1S/C19H25FN2O4/c20-15-6-4-14(5-7-15)16(19(26)8-2-1-3-9-19)17(23)21-10-12-22(13-11-21)18(24)25/h4-7,16,26H,1-3,8-13H2,(H,24,25). The molecule has 1 heterocycles. The minimum atomic E-state index is -1.14. The summed E-state index contributed by atoms with van der Waals surface area (Å²) in [6.07, 6.45) is 2.83. The number of hydrogen-bond acceptors (Lipinski definition) is 3. The number of carbonyl (C=O) groups is 2. The van der Waals surface area contributed by atoms with Gasteiger partial charge in [0.2, 0.25) is 5.91 Å². The molecule has 1 aliphatic carbocycles. The highest BCUT2D eigenvalue weighted by Gasteiger charge is 2.45. The Hall–Kier alpha value is -2.15. The van der Waals surface area contributed by atoms with E-state index >= 15 is 0 Å². The molecular weight excluding hydrogens is 339 g/mol. The Morgan fingerprint density at radius 2 is 1.50 bits per heavy atom. The zero-order chi connectivity index (χ0) is 18.7. The van der Waals surface area contributed by atoms with E-state index in [1.165, 1.54) is 17.0 Å². The molecule has 2 amide bonds. The van der Waals surface area contributed by atoms with Crippen molar-refractivity contribution in [1.29, 1.82) is 0 Å². The van der Waals surface area contributed by atoms with Crippen molar-refractivity contribution in [2.45, 2.75) is 43.6 Å². The number of rotatable bonds is 3. The molecule has 0 aromatic heterocycles. The topological polar surface area (TPSA) is 81.1 Å². The number of carboxylic acid groups (broad SMARTS) is 1. The Morgan fingerprint density at radius 1 is 0.962 bits per heavy atom. The van der Waals surface area contributed by atoms with Crippen molar-refractivity contribution in [3.05, 3.63) is 35.6 Å². The number of piperazine rings is 1. The molecule has 0 radical (unpaired) electrons. The maximum atomic E-state index is 13.3. The van der Waals surface area contributed by atoms with Gasteiger partial charge in [-0.15, -0.1) is 0 Å². The van der Waals surface area contributed by atoms with Gasteiger partial charge in [-0.1, -0.05) is 31.4 Å². The number of carbonyl (C=O) groups excluding carboxylic acids is 1. The van der Waals surface area contributed by atoms with E-state index in [0.29, 0.717) is 31.5 Å². The van der Waals surface area contributed by atoms with E-state index in [9.17, 15) is 19.1 Å². The van der Waals surface area contributed by atoms with E-state index in [4.69, 9.17) is 5.11 Å². The minimum Gasteiger partial charge on any atom is -0.465 e. The second kappa shape index (κ2) is 7.61. The molecule has 1 unspecified atom stereocenters. The Labute approximate surface area is 152 Å². The van der Waals surface area contributed by atoms with Crippen LogP contribution in [0.1, 0.15) is 43.6 Å². The number of hydrogen-bond donors (Lipinski definition) is 2. The van der Waals surface area contributed by atoms with Gasteiger partial charge in [-0.3, -0.25) is 4.79 Å². The number of halogens is 1. The first-order chi connectivity index (χ1) is 12.4. The number of amides is 2. The molecule has 1 aromatic carbocycles. The first kappa shape index (κ1) is 18.6. The summed E-state index contributed by atoms with van der Waals surface area (Å²) in [4.78, 5) is 27.2. The Balaban J connectivity index is 1.84. The predicted octanol–water partition coefficient (Wildman–Crippen LogP) is 2.43. The fourth-order valence-corrected chi connectivity index (χ4v) is 4.09. The van der Waals surface area contributed by atoms with Gasteiger partial charge in [0, 0.05) is 26.2 Å². The summed E-state index contributed by atoms with van der Waals surface area (Å²) in [7, 11) is 0. The first-order valence-electron chi connectivity index (χ1n) is 9.15. The number of aliphatic hydroxyl groups is 1. The summed E-state index contributed by atoms with van der Waals surface area (Å²) in [6, 6.07) is 5.75. The van der Waals surface area contributed by atoms with Crippen LogP contribution < -0.4 is 0 Å². The van der Waals surface area contributed by atoms with Crippen LogP contribution in [-0.2, 0) is 4.79 Å². The van der Waals surface area contributed by atoms with Crippen LogP contribution in [0.3, 0.4) is 0 Å². The molecule has 1 saturated carbocycles. The summed E-state index contributed by atoms with van der Waals surface area (Å²) in [5.74, 6) is -1.34. The van der Waals surface area contributed by atoms with Gasteiger partial charge in [0.25, 0.3) is 0 Å². The zero-order valence-corrected chi connectivity index (χ0v) is 14.7. The molecule has 2 fully saturated rings. The molecule has 1 atom stereocenters. The van der Waals surface area contributed by atoms with Crippen molar-refractivity contribution >= 4 is 12.0 Å². The van der Waals surface area contributed by atoms with Crippen molar-refractivity contribution in [2.24, 2.45) is 0 Å². The molecule has 1 aromatic rings. The van der Waals surface area contributed by atoms with Crippen molar-refractivity contribution < 1.29 is 24.2 Å². The number of nitrogens with zero attached hydrogens (tertiary/aromatic N) is 2. The summed E-state index contributed by atoms with van der Waals surface area (Å²) < 4.78 is 13.3. The lowest BCUT2D eigenvalue weighted by molar-refractivity contribution is -0.143. The molecule has 26 heavy (non-hydrogen) atoms. The molecule has 1 aliphatic heterocycles. The second-order valence-electron chi connectivity index (χ2n) is 7.24. The van der Waals surface area contributed by atoms with Crippen LogP contribution in [0.25, 0.3) is 0 Å². The monoisotopic (exact) mass is 364 g/mol. The lowest BCUT2D eigenvalue weighted by atomic mass is 9.72. The van der Waals surface area contributed by atoms with Crippen LogP contribution >= 0.6 is 0 Å². The molecule has 2 N–H and O–H groups in total. The summed E-state index contributed by atoms with van der Waals surface area (Å²) in [5.41, 5.74) is -0.529. The quantitative estimate of drug-likeness (QED) is 0.863. The normalized spacial score (nSPS) is 21.3. The van der Waals surface area contributed by atoms with Gasteiger partial charge in [-0.25, -0.2) is 9.18 Å². The SMILES string of the molecule is O=C(O)N1CCN(C(=O)C(c2ccc(F)cc2)C2(O)CCCCC2)CC1. The van der Waals surface area contributed by atoms with E-state index in [1.807, 2.05) is 0 Å². The van der Waals surface area contributed by atoms with Crippen molar-refractivity contribution in [3.8, 4) is 0 Å². The van der Waals surface area contributed by atoms with Crippen LogP contribution in [0.4, 0.5) is 9.18 Å². The van der Waals surface area contributed by atoms with E-state index < -0.39 is 17.6 Å². The summed E-state index contributed by atoms with van der Waals surface area (Å²) in [5, 5.41) is 20.3. The maximum absolute atomic E-state index is 13.3. The fourth-order valence-electron chi connectivity index (χ4n) is 4.09. The van der Waals surface area contributed by atoms with Gasteiger partial charge in [0.05, 0.1) is 11.5 Å². The molecular formula is C19H25FN2O4. The van der Waals surface area contributed by atoms with Crippen LogP contribution in [-0.4, -0.2) is 63.8 Å². The third-order valence-electron chi connectivity index (χ3n) is 5.57. The average molecular weight is 364 g/mol. The Morgan fingerprint density at radius 3 is 2.04 bits per heavy atom. The molecule has 0 bridgehead atoms. The largest absolute Gasteiger partial charge is 0.465 e. The first-order valence-corrected chi connectivity index (χ1v) is 9.15. The average Bonchev–Trinajstić information content (AvgIpc) is 2.64. The minimum absolute atomic E-state index is 0.203. The smallest absolute Gasteiger partial charge is 0.407 e. The van der Waals surface area contributed by atoms with Crippen molar-refractivity contribution in [3.63, 3.8) is 0 Å². The maximum Gasteiger partial charge on any atom is 0.407 e. The van der Waals surface area contributed by atoms with E-state index in [1.54, 1.807) is 17.0 Å². The molecule has 3 rings (SSSR count). The van der Waals surface area contributed by atoms with E-state index in [2.05, 4.69) is 0 Å². The molecule has 142 valence electrons. The number of benzene rings is 1. The van der Waals surface area contributed by atoms with E-state index in [0.717, 1.165) is 19.3 Å². The zero-order valence-electron chi connectivity index (χ0n) is 14.7. The highest BCUT2D eigenvalue weighted by Crippen LogP contribution is 2.41. The lowest BCUT2D eigenvalue weighted by Gasteiger charge is -2.42. The fraction of sp³-hybridized carbons (Fsp3) is 0.579. The third kappa shape index (κ3) is 3.82. The second-order valence-corrected chi connectivity index (χ2v) is 7.24. The Bertz CT molecular complexity index is 650. The van der Waals surface area contributed by atoms with Crippen molar-refractivity contribution in [1.82, 2.24) is 9.80 Å². The molecule has 7 heteroatoms. The van der Waals surface area contributed by atoms with Crippen molar-refractivity contribution in [2.75, 3.05) is 26.2 Å². The van der Waals surface area contributed by atoms with Gasteiger partial charge in [0.1, 0.15) is 5.82 Å². The van der Waals surface area contributed by atoms with Gasteiger partial charge in [-0.05, 0) is 30.5 Å². The van der Waals surface area contributed by atoms with Crippen LogP contribution in [0, 0.1) is 5.82 Å². The molecule has 2 aliphatic rings. The van der Waals surface area contributed by atoms with Gasteiger partial charge in [-0.2, -0.15) is 0 Å². The molecule has 0 spiro atoms. The van der Waals surface area contributed by atoms with Crippen LogP contribution in [0.15, 0.2) is 24.3 Å². The lowest BCUT2D eigenvalue weighted by Crippen LogP contribution is -2.54. The molecule has 6 nitrogen and oxygen atoms in total. The van der Waals surface area contributed by atoms with Gasteiger partial charge in [0.15, 0.2) is 0 Å². The van der Waals surface area contributed by atoms with Gasteiger partial charge < -0.3 is 20.0 Å². The van der Waals surface area contributed by atoms with E-state index in [-0.39, 0.29) is 24.8 Å². The van der Waals surface area contributed by atoms with Crippen LogP contribution in [0.2, 0.25) is 0 Å². The third-order valence-corrected chi connectivity index (χ3v) is 5.57. The van der Waals surface area contributed by atoms with Gasteiger partial charge >= 0.3 is 6.09 Å². The highest BCUT2D eigenvalue weighted by molar-refractivity contribution is 5.85. The highest BCUT2D eigenvalue weighted by atomic mass is 19.1.